The number of hydrogen-bond donors (Lipinski definition) is 4. The van der Waals surface area contributed by atoms with E-state index >= 15 is 0 Å². The molecule has 0 unspecified atom stereocenters. The molecule has 0 aliphatic heterocycles. The fourth-order valence-corrected chi connectivity index (χ4v) is 1.95. The lowest BCUT2D eigenvalue weighted by Crippen LogP contribution is -2.22. The molecule has 2 amide bonds. The van der Waals surface area contributed by atoms with E-state index in [4.69, 9.17) is 5.73 Å². The van der Waals surface area contributed by atoms with Crippen LogP contribution in [0.5, 0.6) is 5.75 Å². The minimum Gasteiger partial charge on any atom is -0.406 e. The van der Waals surface area contributed by atoms with Gasteiger partial charge in [-0.15, -0.1) is 13.2 Å². The number of urea groups is 1. The molecule has 0 fully saturated rings. The molecule has 0 aliphatic rings. The number of halogens is 3. The van der Waals surface area contributed by atoms with Crippen LogP contribution in [0.15, 0.2) is 30.3 Å². The van der Waals surface area contributed by atoms with Crippen molar-refractivity contribution in [1.29, 1.82) is 0 Å². The number of anilines is 3. The number of nitrogens with two attached hydrogens (primary N) is 1. The van der Waals surface area contributed by atoms with E-state index in [1.807, 2.05) is 0 Å². The van der Waals surface area contributed by atoms with Gasteiger partial charge in [-0.25, -0.2) is 9.78 Å². The van der Waals surface area contributed by atoms with Crippen LogP contribution in [0.4, 0.5) is 35.4 Å². The Hall–Kier alpha value is -3.08. The van der Waals surface area contributed by atoms with Crippen molar-refractivity contribution in [3.05, 3.63) is 36.0 Å². The minimum absolute atomic E-state index is 0.0321. The number of carbonyl (C=O) groups excluding carboxylic acids is 1. The van der Waals surface area contributed by atoms with Crippen LogP contribution in [0, 0.1) is 6.92 Å². The maximum Gasteiger partial charge on any atom is 0.573 e. The number of nitrogens with one attached hydrogen (secondary N) is 3. The summed E-state index contributed by atoms with van der Waals surface area (Å²) < 4.78 is 40.5. The molecular formula is C15H17F3N6O2. The molecule has 0 aliphatic carbocycles. The molecule has 2 aromatic rings. The van der Waals surface area contributed by atoms with E-state index in [2.05, 4.69) is 30.7 Å². The number of aryl methyl sites for hydroxylation is 1. The van der Waals surface area contributed by atoms with Crippen molar-refractivity contribution in [2.45, 2.75) is 13.3 Å². The van der Waals surface area contributed by atoms with Gasteiger partial charge in [0.15, 0.2) is 0 Å². The summed E-state index contributed by atoms with van der Waals surface area (Å²) in [5, 5.41) is 7.75. The maximum atomic E-state index is 12.2. The maximum absolute atomic E-state index is 12.2. The predicted octanol–water partition coefficient (Wildman–Crippen LogP) is 2.70. The van der Waals surface area contributed by atoms with Crippen molar-refractivity contribution < 1.29 is 22.7 Å². The second kappa shape index (κ2) is 8.34. The number of rotatable bonds is 6. The third kappa shape index (κ3) is 6.43. The van der Waals surface area contributed by atoms with Gasteiger partial charge in [-0.3, -0.25) is 5.32 Å². The standard InChI is InChI=1S/C15H17F3N6O2/c1-9-7-12(20-6-5-19)23-13(21-9)24-14(25)22-10-3-2-4-11(8-10)26-15(16,17)18/h2-4,7-8H,5-6,19H2,1H3,(H3,20,21,22,23,24,25). The van der Waals surface area contributed by atoms with Gasteiger partial charge in [0, 0.05) is 36.6 Å². The first-order chi connectivity index (χ1) is 12.2. The smallest absolute Gasteiger partial charge is 0.406 e. The highest BCUT2D eigenvalue weighted by molar-refractivity contribution is 5.98. The van der Waals surface area contributed by atoms with Crippen LogP contribution in [0.1, 0.15) is 5.69 Å². The molecule has 0 saturated carbocycles. The van der Waals surface area contributed by atoms with Crippen molar-refractivity contribution in [1.82, 2.24) is 9.97 Å². The summed E-state index contributed by atoms with van der Waals surface area (Å²) in [7, 11) is 0. The van der Waals surface area contributed by atoms with E-state index in [1.165, 1.54) is 12.1 Å². The molecule has 0 bridgehead atoms. The Morgan fingerprint density at radius 1 is 1.23 bits per heavy atom. The van der Waals surface area contributed by atoms with Crippen molar-refractivity contribution in [3.63, 3.8) is 0 Å². The zero-order valence-electron chi connectivity index (χ0n) is 13.7. The molecule has 26 heavy (non-hydrogen) atoms. The zero-order chi connectivity index (χ0) is 19.2. The Balaban J connectivity index is 2.02. The highest BCUT2D eigenvalue weighted by Gasteiger charge is 2.31. The molecule has 11 heteroatoms. The molecule has 0 saturated heterocycles. The molecule has 140 valence electrons. The van der Waals surface area contributed by atoms with Crippen molar-refractivity contribution in [3.8, 4) is 5.75 Å². The summed E-state index contributed by atoms with van der Waals surface area (Å²) in [5.74, 6) is 0.0684. The van der Waals surface area contributed by atoms with Gasteiger partial charge in [0.05, 0.1) is 0 Å². The number of alkyl halides is 3. The van der Waals surface area contributed by atoms with Gasteiger partial charge < -0.3 is 21.1 Å². The number of nitrogens with zero attached hydrogens (tertiary/aromatic N) is 2. The fraction of sp³-hybridized carbons (Fsp3) is 0.267. The molecule has 0 radical (unpaired) electrons. The van der Waals surface area contributed by atoms with Gasteiger partial charge in [-0.05, 0) is 19.1 Å². The van der Waals surface area contributed by atoms with Crippen molar-refractivity contribution in [2.75, 3.05) is 29.0 Å². The molecule has 2 rings (SSSR count). The first-order valence-electron chi connectivity index (χ1n) is 7.48. The fourth-order valence-electron chi connectivity index (χ4n) is 1.95. The van der Waals surface area contributed by atoms with Gasteiger partial charge in [-0.2, -0.15) is 4.98 Å². The zero-order valence-corrected chi connectivity index (χ0v) is 13.7. The average Bonchev–Trinajstić information content (AvgIpc) is 2.51. The largest absolute Gasteiger partial charge is 0.573 e. The highest BCUT2D eigenvalue weighted by atomic mass is 19.4. The van der Waals surface area contributed by atoms with E-state index in [0.29, 0.717) is 24.6 Å². The van der Waals surface area contributed by atoms with Crippen LogP contribution in [-0.4, -0.2) is 35.5 Å². The topological polar surface area (TPSA) is 114 Å². The third-order valence-electron chi connectivity index (χ3n) is 2.86. The molecule has 0 atom stereocenters. The first kappa shape index (κ1) is 19.2. The Bertz CT molecular complexity index is 769. The lowest BCUT2D eigenvalue weighted by molar-refractivity contribution is -0.274. The van der Waals surface area contributed by atoms with Crippen molar-refractivity contribution in [2.24, 2.45) is 5.73 Å². The van der Waals surface area contributed by atoms with Crippen LogP contribution < -0.4 is 26.4 Å². The van der Waals surface area contributed by atoms with Gasteiger partial charge in [0.1, 0.15) is 11.6 Å². The van der Waals surface area contributed by atoms with Gasteiger partial charge in [0.25, 0.3) is 0 Å². The summed E-state index contributed by atoms with van der Waals surface area (Å²) in [6, 6.07) is 5.85. The van der Waals surface area contributed by atoms with Gasteiger partial charge in [-0.1, -0.05) is 6.07 Å². The number of hydrogen-bond acceptors (Lipinski definition) is 6. The Labute approximate surface area is 147 Å². The van der Waals surface area contributed by atoms with E-state index in [-0.39, 0.29) is 11.6 Å². The number of ether oxygens (including phenoxy) is 1. The quantitative estimate of drug-likeness (QED) is 0.622. The summed E-state index contributed by atoms with van der Waals surface area (Å²) in [5.41, 5.74) is 6.12. The van der Waals surface area contributed by atoms with Crippen LogP contribution in [0.25, 0.3) is 0 Å². The first-order valence-corrected chi connectivity index (χ1v) is 7.48. The Morgan fingerprint density at radius 2 is 2.00 bits per heavy atom. The summed E-state index contributed by atoms with van der Waals surface area (Å²) in [6.45, 7) is 2.62. The van der Waals surface area contributed by atoms with E-state index in [9.17, 15) is 18.0 Å². The van der Waals surface area contributed by atoms with Crippen LogP contribution >= 0.6 is 0 Å². The minimum atomic E-state index is -4.82. The van der Waals surface area contributed by atoms with E-state index < -0.39 is 18.1 Å². The monoisotopic (exact) mass is 370 g/mol. The Kier molecular flexibility index (Phi) is 6.17. The van der Waals surface area contributed by atoms with E-state index in [1.54, 1.807) is 13.0 Å². The molecule has 1 aromatic heterocycles. The lowest BCUT2D eigenvalue weighted by Gasteiger charge is -2.11. The van der Waals surface area contributed by atoms with E-state index in [0.717, 1.165) is 12.1 Å². The summed E-state index contributed by atoms with van der Waals surface area (Å²) in [6.07, 6.45) is -4.82. The van der Waals surface area contributed by atoms with Crippen LogP contribution in [0.3, 0.4) is 0 Å². The molecular weight excluding hydrogens is 353 g/mol. The second-order valence-electron chi connectivity index (χ2n) is 5.09. The molecule has 1 aromatic carbocycles. The summed E-state index contributed by atoms with van der Waals surface area (Å²) in [4.78, 5) is 20.2. The predicted molar refractivity (Wildman–Crippen MR) is 90.1 cm³/mol. The van der Waals surface area contributed by atoms with Gasteiger partial charge >= 0.3 is 12.4 Å². The molecule has 8 nitrogen and oxygen atoms in total. The lowest BCUT2D eigenvalue weighted by atomic mass is 10.3. The number of benzene rings is 1. The Morgan fingerprint density at radius 3 is 2.69 bits per heavy atom. The van der Waals surface area contributed by atoms with Gasteiger partial charge in [0.2, 0.25) is 5.95 Å². The van der Waals surface area contributed by atoms with Crippen LogP contribution in [-0.2, 0) is 0 Å². The normalized spacial score (nSPS) is 11.0. The summed E-state index contributed by atoms with van der Waals surface area (Å²) >= 11 is 0. The second-order valence-corrected chi connectivity index (χ2v) is 5.09. The molecule has 0 spiro atoms. The SMILES string of the molecule is Cc1cc(NCCN)nc(NC(=O)Nc2cccc(OC(F)(F)F)c2)n1. The third-order valence-corrected chi connectivity index (χ3v) is 2.86. The van der Waals surface area contributed by atoms with Crippen molar-refractivity contribution >= 4 is 23.5 Å². The molecule has 5 N–H and O–H groups in total. The average molecular weight is 370 g/mol. The molecule has 1 heterocycles. The number of carbonyl (C=O) groups is 1. The highest BCUT2D eigenvalue weighted by Crippen LogP contribution is 2.25. The van der Waals surface area contributed by atoms with Crippen LogP contribution in [0.2, 0.25) is 0 Å². The number of amides is 2. The number of aromatic nitrogens is 2.